The molecule has 0 fully saturated rings. The highest BCUT2D eigenvalue weighted by molar-refractivity contribution is 5.90. The van der Waals surface area contributed by atoms with Gasteiger partial charge in [-0.1, -0.05) is 18.2 Å². The fourth-order valence-electron chi connectivity index (χ4n) is 3.50. The number of hydrogen-bond donors (Lipinski definition) is 2. The highest BCUT2D eigenvalue weighted by Gasteiger charge is 2.17. The predicted molar refractivity (Wildman–Crippen MR) is 124 cm³/mol. The van der Waals surface area contributed by atoms with Crippen LogP contribution in [0.5, 0.6) is 17.2 Å². The maximum atomic E-state index is 11.5. The smallest absolute Gasteiger partial charge is 0.221 e. The van der Waals surface area contributed by atoms with Gasteiger partial charge in [0.05, 0.1) is 19.9 Å². The van der Waals surface area contributed by atoms with Crippen LogP contribution in [0.25, 0.3) is 28.3 Å². The number of para-hydroxylation sites is 1. The fraction of sp³-hybridized carbons (Fsp3) is 0.120. The first kappa shape index (κ1) is 21.0. The number of nitrogens with zero attached hydrogens (tertiary/aromatic N) is 2. The average molecular weight is 429 g/mol. The zero-order chi connectivity index (χ0) is 22.7. The Morgan fingerprint density at radius 3 is 2.41 bits per heavy atom. The minimum absolute atomic E-state index is 0.0654. The number of aromatic hydroxyl groups is 1. The Hall–Kier alpha value is -4.26. The average Bonchev–Trinajstić information content (AvgIpc) is 3.25. The summed E-state index contributed by atoms with van der Waals surface area (Å²) in [6, 6.07) is 20.3. The SMILES string of the molecule is COc1ccc(-c2nc(-c3cc(NC(C)=O)ccc3O)cn2-c2ccccc2)cc1OC. The predicted octanol–water partition coefficient (Wildman–Crippen LogP) is 4.89. The summed E-state index contributed by atoms with van der Waals surface area (Å²) in [5.74, 6) is 1.74. The molecule has 3 aromatic carbocycles. The number of phenolic OH excluding ortho intramolecular Hbond substituents is 1. The molecule has 1 heterocycles. The highest BCUT2D eigenvalue weighted by atomic mass is 16.5. The van der Waals surface area contributed by atoms with Crippen LogP contribution in [-0.2, 0) is 4.79 Å². The number of anilines is 1. The van der Waals surface area contributed by atoms with E-state index >= 15 is 0 Å². The molecule has 0 bridgehead atoms. The first-order chi connectivity index (χ1) is 15.5. The number of imidazole rings is 1. The molecule has 4 aromatic rings. The molecule has 1 amide bonds. The van der Waals surface area contributed by atoms with Gasteiger partial charge in [-0.15, -0.1) is 0 Å². The first-order valence-corrected chi connectivity index (χ1v) is 9.98. The molecule has 162 valence electrons. The standard InChI is InChI=1S/C25H23N3O4/c1-16(29)26-18-10-11-22(30)20(14-18)21-15-28(19-7-5-4-6-8-19)25(27-21)17-9-12-23(31-2)24(13-17)32-3/h4-15,30H,1-3H3,(H,26,29). The summed E-state index contributed by atoms with van der Waals surface area (Å²) < 4.78 is 12.8. The van der Waals surface area contributed by atoms with Crippen LogP contribution in [0.2, 0.25) is 0 Å². The number of phenols is 1. The maximum absolute atomic E-state index is 11.5. The van der Waals surface area contributed by atoms with E-state index in [4.69, 9.17) is 14.5 Å². The number of methoxy groups -OCH3 is 2. The van der Waals surface area contributed by atoms with Gasteiger partial charge in [-0.3, -0.25) is 9.36 Å². The molecule has 32 heavy (non-hydrogen) atoms. The third kappa shape index (κ3) is 4.13. The number of nitrogens with one attached hydrogen (secondary N) is 1. The number of carbonyl (C=O) groups excluding carboxylic acids is 1. The van der Waals surface area contributed by atoms with Crippen molar-refractivity contribution in [1.29, 1.82) is 0 Å². The topological polar surface area (TPSA) is 85.6 Å². The van der Waals surface area contributed by atoms with Crippen LogP contribution in [0, 0.1) is 0 Å². The Balaban J connectivity index is 1.89. The molecule has 0 aliphatic heterocycles. The number of ether oxygens (including phenoxy) is 2. The van der Waals surface area contributed by atoms with E-state index < -0.39 is 0 Å². The molecule has 0 saturated carbocycles. The molecule has 0 spiro atoms. The molecule has 0 atom stereocenters. The van der Waals surface area contributed by atoms with Gasteiger partial charge in [-0.25, -0.2) is 4.98 Å². The van der Waals surface area contributed by atoms with Crippen LogP contribution in [-0.4, -0.2) is 34.8 Å². The Morgan fingerprint density at radius 1 is 0.969 bits per heavy atom. The third-order valence-corrected chi connectivity index (χ3v) is 4.97. The lowest BCUT2D eigenvalue weighted by molar-refractivity contribution is -0.114. The Morgan fingerprint density at radius 2 is 1.72 bits per heavy atom. The lowest BCUT2D eigenvalue weighted by atomic mass is 10.1. The molecule has 0 unspecified atom stereocenters. The number of carbonyl (C=O) groups is 1. The van der Waals surface area contributed by atoms with E-state index in [0.29, 0.717) is 34.3 Å². The molecule has 0 radical (unpaired) electrons. The van der Waals surface area contributed by atoms with Gasteiger partial charge in [0.1, 0.15) is 11.6 Å². The monoisotopic (exact) mass is 429 g/mol. The first-order valence-electron chi connectivity index (χ1n) is 9.98. The van der Waals surface area contributed by atoms with Crippen LogP contribution in [0.4, 0.5) is 5.69 Å². The number of benzene rings is 3. The Kier molecular flexibility index (Phi) is 5.81. The fourth-order valence-corrected chi connectivity index (χ4v) is 3.50. The van der Waals surface area contributed by atoms with Crippen LogP contribution < -0.4 is 14.8 Å². The van der Waals surface area contributed by atoms with Crippen molar-refractivity contribution < 1.29 is 19.4 Å². The quantitative estimate of drug-likeness (QED) is 0.427. The largest absolute Gasteiger partial charge is 0.507 e. The van der Waals surface area contributed by atoms with Gasteiger partial charge in [0.25, 0.3) is 0 Å². The highest BCUT2D eigenvalue weighted by Crippen LogP contribution is 2.37. The number of hydrogen-bond acceptors (Lipinski definition) is 5. The number of amides is 1. The molecule has 0 aliphatic rings. The second-order valence-electron chi connectivity index (χ2n) is 7.14. The van der Waals surface area contributed by atoms with Crippen molar-refractivity contribution in [3.05, 3.63) is 72.9 Å². The lowest BCUT2D eigenvalue weighted by Crippen LogP contribution is -2.05. The van der Waals surface area contributed by atoms with Crippen molar-refractivity contribution in [3.63, 3.8) is 0 Å². The van der Waals surface area contributed by atoms with Crippen LogP contribution in [0.3, 0.4) is 0 Å². The summed E-state index contributed by atoms with van der Waals surface area (Å²) in [5.41, 5.74) is 3.37. The Labute approximate surface area is 185 Å². The van der Waals surface area contributed by atoms with Gasteiger partial charge in [-0.05, 0) is 48.5 Å². The third-order valence-electron chi connectivity index (χ3n) is 4.97. The summed E-state index contributed by atoms with van der Waals surface area (Å²) >= 11 is 0. The summed E-state index contributed by atoms with van der Waals surface area (Å²) in [6.07, 6.45) is 1.86. The van der Waals surface area contributed by atoms with Crippen molar-refractivity contribution >= 4 is 11.6 Å². The van der Waals surface area contributed by atoms with Gasteiger partial charge in [-0.2, -0.15) is 0 Å². The van der Waals surface area contributed by atoms with E-state index in [0.717, 1.165) is 11.3 Å². The molecule has 1 aromatic heterocycles. The maximum Gasteiger partial charge on any atom is 0.221 e. The molecule has 4 rings (SSSR count). The van der Waals surface area contributed by atoms with E-state index in [-0.39, 0.29) is 11.7 Å². The molecule has 0 aliphatic carbocycles. The Bertz CT molecular complexity index is 1270. The molecular weight excluding hydrogens is 406 g/mol. The zero-order valence-electron chi connectivity index (χ0n) is 18.0. The van der Waals surface area contributed by atoms with E-state index in [9.17, 15) is 9.90 Å². The van der Waals surface area contributed by atoms with E-state index in [1.165, 1.54) is 13.0 Å². The van der Waals surface area contributed by atoms with Crippen molar-refractivity contribution in [2.24, 2.45) is 0 Å². The minimum atomic E-state index is -0.192. The summed E-state index contributed by atoms with van der Waals surface area (Å²) in [7, 11) is 3.17. The zero-order valence-corrected chi connectivity index (χ0v) is 18.0. The molecule has 2 N–H and O–H groups in total. The van der Waals surface area contributed by atoms with Gasteiger partial charge < -0.3 is 19.9 Å². The van der Waals surface area contributed by atoms with Gasteiger partial charge in [0.15, 0.2) is 11.5 Å². The summed E-state index contributed by atoms with van der Waals surface area (Å²) in [6.45, 7) is 1.44. The number of aromatic nitrogens is 2. The molecule has 7 heteroatoms. The van der Waals surface area contributed by atoms with E-state index in [1.807, 2.05) is 59.3 Å². The van der Waals surface area contributed by atoms with Crippen molar-refractivity contribution in [2.45, 2.75) is 6.92 Å². The van der Waals surface area contributed by atoms with Crippen molar-refractivity contribution in [3.8, 4) is 45.6 Å². The van der Waals surface area contributed by atoms with E-state index in [1.54, 1.807) is 26.4 Å². The molecule has 7 nitrogen and oxygen atoms in total. The molecular formula is C25H23N3O4. The van der Waals surface area contributed by atoms with Gasteiger partial charge >= 0.3 is 0 Å². The van der Waals surface area contributed by atoms with Gasteiger partial charge in [0, 0.05) is 35.6 Å². The van der Waals surface area contributed by atoms with Crippen LogP contribution >= 0.6 is 0 Å². The van der Waals surface area contributed by atoms with Crippen molar-refractivity contribution in [2.75, 3.05) is 19.5 Å². The minimum Gasteiger partial charge on any atom is -0.507 e. The summed E-state index contributed by atoms with van der Waals surface area (Å²) in [5, 5.41) is 13.3. The second kappa shape index (κ2) is 8.85. The van der Waals surface area contributed by atoms with Crippen LogP contribution in [0.1, 0.15) is 6.92 Å². The number of rotatable bonds is 6. The second-order valence-corrected chi connectivity index (χ2v) is 7.14. The van der Waals surface area contributed by atoms with Gasteiger partial charge in [0.2, 0.25) is 5.91 Å². The van der Waals surface area contributed by atoms with Crippen molar-refractivity contribution in [1.82, 2.24) is 9.55 Å². The van der Waals surface area contributed by atoms with E-state index in [2.05, 4.69) is 5.32 Å². The lowest BCUT2D eigenvalue weighted by Gasteiger charge is -2.11. The molecule has 0 saturated heterocycles. The normalized spacial score (nSPS) is 10.6. The van der Waals surface area contributed by atoms with Crippen LogP contribution in [0.15, 0.2) is 72.9 Å². The summed E-state index contributed by atoms with van der Waals surface area (Å²) in [4.78, 5) is 16.3.